The Labute approximate surface area is 215 Å². The third-order valence-electron chi connectivity index (χ3n) is 7.02. The number of piperidine rings is 1. The van der Waals surface area contributed by atoms with Crippen LogP contribution in [0.5, 0.6) is 0 Å². The van der Waals surface area contributed by atoms with Crippen LogP contribution in [0.25, 0.3) is 22.2 Å². The van der Waals surface area contributed by atoms with Crippen LogP contribution in [-0.2, 0) is 4.74 Å². The maximum atomic E-state index is 9.15. The summed E-state index contributed by atoms with van der Waals surface area (Å²) in [7, 11) is 0. The van der Waals surface area contributed by atoms with E-state index in [9.17, 15) is 0 Å². The van der Waals surface area contributed by atoms with Crippen LogP contribution < -0.4 is 10.2 Å². The molecule has 0 amide bonds. The lowest BCUT2D eigenvalue weighted by Crippen LogP contribution is -2.37. The summed E-state index contributed by atoms with van der Waals surface area (Å²) in [5.41, 5.74) is 3.56. The summed E-state index contributed by atoms with van der Waals surface area (Å²) in [5, 5.41) is 18.0. The Kier molecular flexibility index (Phi) is 6.89. The van der Waals surface area contributed by atoms with Crippen molar-refractivity contribution in [2.24, 2.45) is 0 Å². The van der Waals surface area contributed by atoms with Gasteiger partial charge in [0.15, 0.2) is 0 Å². The van der Waals surface area contributed by atoms with E-state index in [1.54, 1.807) is 6.20 Å². The van der Waals surface area contributed by atoms with Gasteiger partial charge in [0.1, 0.15) is 0 Å². The third-order valence-corrected chi connectivity index (χ3v) is 7.02. The minimum Gasteiger partial charge on any atom is -0.395 e. The number of aliphatic hydroxyl groups is 1. The van der Waals surface area contributed by atoms with Gasteiger partial charge in [-0.1, -0.05) is 6.07 Å². The first-order valence-corrected chi connectivity index (χ1v) is 12.8. The molecule has 2 saturated heterocycles. The average Bonchev–Trinajstić information content (AvgIpc) is 3.42. The molecule has 5 heterocycles. The second-order valence-corrected chi connectivity index (χ2v) is 9.44. The summed E-state index contributed by atoms with van der Waals surface area (Å²) < 4.78 is 7.46. The van der Waals surface area contributed by atoms with Crippen molar-refractivity contribution < 1.29 is 9.84 Å². The predicted octanol–water partition coefficient (Wildman–Crippen LogP) is 2.49. The number of ether oxygens (including phenoxy) is 1. The van der Waals surface area contributed by atoms with Crippen LogP contribution in [0.15, 0.2) is 49.1 Å². The molecule has 11 heteroatoms. The fourth-order valence-electron chi connectivity index (χ4n) is 4.96. The number of nitrogens with zero attached hydrogens (tertiary/aromatic N) is 8. The Hall–Kier alpha value is -3.67. The van der Waals surface area contributed by atoms with Crippen LogP contribution >= 0.6 is 0 Å². The van der Waals surface area contributed by atoms with Crippen molar-refractivity contribution in [2.45, 2.75) is 18.9 Å². The zero-order valence-corrected chi connectivity index (χ0v) is 20.7. The lowest BCUT2D eigenvalue weighted by atomic mass is 10.1. The first-order valence-electron chi connectivity index (χ1n) is 12.8. The summed E-state index contributed by atoms with van der Waals surface area (Å²) in [5.74, 6) is 1.27. The number of rotatable bonds is 7. The van der Waals surface area contributed by atoms with Gasteiger partial charge in [-0.3, -0.25) is 4.68 Å². The molecule has 0 saturated carbocycles. The molecule has 2 aliphatic rings. The highest BCUT2D eigenvalue weighted by Gasteiger charge is 2.21. The van der Waals surface area contributed by atoms with Gasteiger partial charge < -0.3 is 25.0 Å². The molecule has 4 aromatic rings. The zero-order valence-electron chi connectivity index (χ0n) is 20.7. The van der Waals surface area contributed by atoms with Crippen LogP contribution in [0, 0.1) is 0 Å². The van der Waals surface area contributed by atoms with Gasteiger partial charge in [0, 0.05) is 62.3 Å². The highest BCUT2D eigenvalue weighted by Crippen LogP contribution is 2.26. The van der Waals surface area contributed by atoms with E-state index in [0.717, 1.165) is 79.4 Å². The van der Waals surface area contributed by atoms with E-state index < -0.39 is 0 Å². The molecule has 0 spiro atoms. The van der Waals surface area contributed by atoms with Crippen molar-refractivity contribution in [3.63, 3.8) is 0 Å². The Bertz CT molecular complexity index is 1350. The number of hydrogen-bond acceptors (Lipinski definition) is 10. The van der Waals surface area contributed by atoms with Crippen molar-refractivity contribution in [1.82, 2.24) is 34.6 Å². The van der Waals surface area contributed by atoms with Gasteiger partial charge in [-0.15, -0.1) is 0 Å². The largest absolute Gasteiger partial charge is 0.395 e. The smallest absolute Gasteiger partial charge is 0.227 e. The number of fused-ring (bicyclic) bond motifs is 1. The van der Waals surface area contributed by atoms with Crippen molar-refractivity contribution in [2.75, 3.05) is 62.8 Å². The van der Waals surface area contributed by atoms with Crippen LogP contribution in [-0.4, -0.2) is 92.3 Å². The predicted molar refractivity (Wildman–Crippen MR) is 141 cm³/mol. The molecule has 2 N–H and O–H groups in total. The van der Waals surface area contributed by atoms with E-state index in [1.807, 2.05) is 41.5 Å². The van der Waals surface area contributed by atoms with Gasteiger partial charge in [0.05, 0.1) is 49.0 Å². The van der Waals surface area contributed by atoms with Gasteiger partial charge in [0.25, 0.3) is 0 Å². The van der Waals surface area contributed by atoms with Crippen LogP contribution in [0.4, 0.5) is 17.6 Å². The van der Waals surface area contributed by atoms with Crippen molar-refractivity contribution in [1.29, 1.82) is 0 Å². The molecule has 0 bridgehead atoms. The van der Waals surface area contributed by atoms with E-state index in [4.69, 9.17) is 19.8 Å². The SMILES string of the molecule is OCCN1CCC(n2cc(Nc3nccc(-c4ccc5nc(N6CCOCC6)ncc5c4)n3)cn2)CC1. The number of hydrogen-bond donors (Lipinski definition) is 2. The highest BCUT2D eigenvalue weighted by atomic mass is 16.5. The van der Waals surface area contributed by atoms with Gasteiger partial charge >= 0.3 is 0 Å². The quantitative estimate of drug-likeness (QED) is 0.391. The molecule has 6 rings (SSSR count). The molecule has 2 aliphatic heterocycles. The Morgan fingerprint density at radius 3 is 2.70 bits per heavy atom. The normalized spacial score (nSPS) is 17.4. The highest BCUT2D eigenvalue weighted by molar-refractivity contribution is 5.84. The van der Waals surface area contributed by atoms with E-state index in [0.29, 0.717) is 25.2 Å². The molecule has 3 aromatic heterocycles. The number of anilines is 3. The van der Waals surface area contributed by atoms with E-state index in [-0.39, 0.29) is 6.61 Å². The lowest BCUT2D eigenvalue weighted by Gasteiger charge is -2.31. The molecule has 11 nitrogen and oxygen atoms in total. The molecule has 1 aromatic carbocycles. The Balaban J connectivity index is 1.14. The fraction of sp³-hybridized carbons (Fsp3) is 0.423. The van der Waals surface area contributed by atoms with E-state index in [1.165, 1.54) is 0 Å². The van der Waals surface area contributed by atoms with Crippen molar-refractivity contribution in [3.8, 4) is 11.3 Å². The standard InChI is InChI=1S/C26H31N9O2/c36-12-9-33-7-4-22(5-8-33)35-18-21(17-29-35)30-25-27-6-3-24(31-25)19-1-2-23-20(15-19)16-28-26(32-23)34-10-13-37-14-11-34/h1-3,6,15-18,22,36H,4-5,7-14H2,(H,27,30,31). The van der Waals surface area contributed by atoms with Crippen molar-refractivity contribution in [3.05, 3.63) is 49.1 Å². The lowest BCUT2D eigenvalue weighted by molar-refractivity contribution is 0.122. The van der Waals surface area contributed by atoms with Crippen LogP contribution in [0.2, 0.25) is 0 Å². The van der Waals surface area contributed by atoms with Crippen LogP contribution in [0.3, 0.4) is 0 Å². The molecule has 37 heavy (non-hydrogen) atoms. The van der Waals surface area contributed by atoms with E-state index >= 15 is 0 Å². The topological polar surface area (TPSA) is 117 Å². The van der Waals surface area contributed by atoms with E-state index in [2.05, 4.69) is 36.2 Å². The molecule has 0 unspecified atom stereocenters. The zero-order chi connectivity index (χ0) is 25.0. The number of benzene rings is 1. The van der Waals surface area contributed by atoms with Gasteiger partial charge in [-0.2, -0.15) is 5.10 Å². The van der Waals surface area contributed by atoms with Gasteiger partial charge in [-0.25, -0.2) is 19.9 Å². The molecular weight excluding hydrogens is 470 g/mol. The minimum atomic E-state index is 0.211. The van der Waals surface area contributed by atoms with Crippen molar-refractivity contribution >= 4 is 28.5 Å². The summed E-state index contributed by atoms with van der Waals surface area (Å²) in [6, 6.07) is 8.37. The first-order chi connectivity index (χ1) is 18.2. The second kappa shape index (κ2) is 10.8. The average molecular weight is 502 g/mol. The molecule has 0 radical (unpaired) electrons. The van der Waals surface area contributed by atoms with Gasteiger partial charge in [0.2, 0.25) is 11.9 Å². The van der Waals surface area contributed by atoms with Crippen LogP contribution in [0.1, 0.15) is 18.9 Å². The number of aromatic nitrogens is 6. The molecule has 0 aliphatic carbocycles. The third kappa shape index (κ3) is 5.38. The number of nitrogens with one attached hydrogen (secondary N) is 1. The Morgan fingerprint density at radius 2 is 1.86 bits per heavy atom. The number of morpholine rings is 1. The maximum absolute atomic E-state index is 9.15. The first kappa shape index (κ1) is 23.7. The molecule has 2 fully saturated rings. The summed E-state index contributed by atoms with van der Waals surface area (Å²) in [6.07, 6.45) is 9.50. The number of aliphatic hydroxyl groups excluding tert-OH is 1. The maximum Gasteiger partial charge on any atom is 0.227 e. The summed E-state index contributed by atoms with van der Waals surface area (Å²) >= 11 is 0. The monoisotopic (exact) mass is 501 g/mol. The summed E-state index contributed by atoms with van der Waals surface area (Å²) in [4.78, 5) is 22.9. The molecular formula is C26H31N9O2. The molecule has 0 atom stereocenters. The fourth-order valence-corrected chi connectivity index (χ4v) is 4.96. The Morgan fingerprint density at radius 1 is 1.00 bits per heavy atom. The summed E-state index contributed by atoms with van der Waals surface area (Å²) in [6.45, 7) is 5.93. The second-order valence-electron chi connectivity index (χ2n) is 9.44. The number of likely N-dealkylation sites (tertiary alicyclic amines) is 1. The molecule has 192 valence electrons. The van der Waals surface area contributed by atoms with Gasteiger partial charge in [-0.05, 0) is 31.0 Å². The number of β-amino-alcohol motifs (C(OH)–C–C–N with tert-alkyl or cyclic N) is 1. The minimum absolute atomic E-state index is 0.211.